The zero-order chi connectivity index (χ0) is 18.1. The van der Waals surface area contributed by atoms with E-state index < -0.39 is 12.0 Å². The van der Waals surface area contributed by atoms with E-state index in [4.69, 9.17) is 4.74 Å². The van der Waals surface area contributed by atoms with Gasteiger partial charge in [0.2, 0.25) is 5.95 Å². The highest BCUT2D eigenvalue weighted by Gasteiger charge is 2.36. The number of hydrogen-bond donors (Lipinski definition) is 1. The van der Waals surface area contributed by atoms with Crippen molar-refractivity contribution in [2.24, 2.45) is 0 Å². The van der Waals surface area contributed by atoms with Crippen LogP contribution in [-0.2, 0) is 9.53 Å². The molecule has 2 aliphatic rings. The lowest BCUT2D eigenvalue weighted by Gasteiger charge is -2.29. The Kier molecular flexibility index (Phi) is 4.40. The van der Waals surface area contributed by atoms with Crippen LogP contribution in [0.3, 0.4) is 0 Å². The van der Waals surface area contributed by atoms with E-state index >= 15 is 0 Å². The number of esters is 1. The van der Waals surface area contributed by atoms with Gasteiger partial charge < -0.3 is 10.1 Å². The highest BCUT2D eigenvalue weighted by Crippen LogP contribution is 2.35. The van der Waals surface area contributed by atoms with Crippen LogP contribution in [0.1, 0.15) is 50.6 Å². The van der Waals surface area contributed by atoms with Gasteiger partial charge in [-0.2, -0.15) is 4.68 Å². The van der Waals surface area contributed by atoms with Crippen molar-refractivity contribution < 1.29 is 13.9 Å². The van der Waals surface area contributed by atoms with Gasteiger partial charge in [-0.25, -0.2) is 9.18 Å². The lowest BCUT2D eigenvalue weighted by Crippen LogP contribution is -2.32. The maximum Gasteiger partial charge on any atom is 0.338 e. The Hall–Kier alpha value is -2.77. The largest absolute Gasteiger partial charge is 0.459 e. The first-order chi connectivity index (χ1) is 12.6. The van der Waals surface area contributed by atoms with Crippen LogP contribution < -0.4 is 5.32 Å². The molecule has 1 aromatic carbocycles. The predicted octanol–water partition coefficient (Wildman–Crippen LogP) is 2.98. The maximum absolute atomic E-state index is 13.8. The molecule has 8 heteroatoms. The number of aromatic nitrogens is 4. The van der Waals surface area contributed by atoms with E-state index in [0.717, 1.165) is 25.7 Å². The van der Waals surface area contributed by atoms with Crippen molar-refractivity contribution in [1.29, 1.82) is 0 Å². The molecule has 1 saturated carbocycles. The Balaban J connectivity index is 1.71. The zero-order valence-corrected chi connectivity index (χ0v) is 14.5. The topological polar surface area (TPSA) is 81.9 Å². The molecule has 1 atom stereocenters. The number of anilines is 1. The SMILES string of the molecule is CC1=C(C(=O)OC2CCCCC2)C(c2cccc(F)c2)n2nnnc2N1. The fraction of sp³-hybridized carbons (Fsp3) is 0.444. The van der Waals surface area contributed by atoms with Gasteiger partial charge in [0.1, 0.15) is 18.0 Å². The first kappa shape index (κ1) is 16.7. The smallest absolute Gasteiger partial charge is 0.338 e. The third kappa shape index (κ3) is 3.07. The second kappa shape index (κ2) is 6.86. The molecule has 1 fully saturated rings. The summed E-state index contributed by atoms with van der Waals surface area (Å²) in [5.41, 5.74) is 1.61. The van der Waals surface area contributed by atoms with Crippen molar-refractivity contribution in [2.45, 2.75) is 51.2 Å². The number of allylic oxidation sites excluding steroid dienone is 1. The molecule has 1 unspecified atom stereocenters. The van der Waals surface area contributed by atoms with Crippen LogP contribution in [0.2, 0.25) is 0 Å². The average molecular weight is 357 g/mol. The fourth-order valence-corrected chi connectivity index (χ4v) is 3.66. The molecule has 2 aromatic rings. The number of carbonyl (C=O) groups excluding carboxylic acids is 1. The van der Waals surface area contributed by atoms with Gasteiger partial charge in [0.25, 0.3) is 0 Å². The number of tetrazole rings is 1. The number of ether oxygens (including phenoxy) is 1. The highest BCUT2D eigenvalue weighted by molar-refractivity contribution is 5.92. The van der Waals surface area contributed by atoms with Gasteiger partial charge in [0.05, 0.1) is 5.57 Å². The Morgan fingerprint density at radius 3 is 2.88 bits per heavy atom. The molecular formula is C18H20FN5O2. The van der Waals surface area contributed by atoms with Crippen LogP contribution in [0.5, 0.6) is 0 Å². The van der Waals surface area contributed by atoms with E-state index in [2.05, 4.69) is 20.8 Å². The van der Waals surface area contributed by atoms with E-state index in [0.29, 0.717) is 22.8 Å². The summed E-state index contributed by atoms with van der Waals surface area (Å²) >= 11 is 0. The van der Waals surface area contributed by atoms with Gasteiger partial charge in [0, 0.05) is 5.70 Å². The van der Waals surface area contributed by atoms with Gasteiger partial charge in [-0.15, -0.1) is 0 Å². The van der Waals surface area contributed by atoms with E-state index in [1.54, 1.807) is 19.1 Å². The molecule has 0 bridgehead atoms. The molecule has 1 N–H and O–H groups in total. The summed E-state index contributed by atoms with van der Waals surface area (Å²) < 4.78 is 21.1. The molecule has 2 heterocycles. The quantitative estimate of drug-likeness (QED) is 0.851. The van der Waals surface area contributed by atoms with Gasteiger partial charge >= 0.3 is 5.97 Å². The van der Waals surface area contributed by atoms with E-state index in [-0.39, 0.29) is 11.9 Å². The molecule has 26 heavy (non-hydrogen) atoms. The summed E-state index contributed by atoms with van der Waals surface area (Å²) in [5.74, 6) is -0.378. The molecule has 0 radical (unpaired) electrons. The number of rotatable bonds is 3. The average Bonchev–Trinajstić information content (AvgIpc) is 3.09. The summed E-state index contributed by atoms with van der Waals surface area (Å²) in [5, 5.41) is 14.6. The van der Waals surface area contributed by atoms with E-state index in [1.807, 2.05) is 0 Å². The van der Waals surface area contributed by atoms with Crippen molar-refractivity contribution in [2.75, 3.05) is 5.32 Å². The van der Waals surface area contributed by atoms with E-state index in [1.165, 1.54) is 23.2 Å². The van der Waals surface area contributed by atoms with Crippen molar-refractivity contribution in [3.63, 3.8) is 0 Å². The third-order valence-corrected chi connectivity index (χ3v) is 4.92. The van der Waals surface area contributed by atoms with Crippen LogP contribution in [0.4, 0.5) is 10.3 Å². The lowest BCUT2D eigenvalue weighted by atomic mass is 9.95. The minimum atomic E-state index is -0.631. The number of nitrogens with zero attached hydrogens (tertiary/aromatic N) is 4. The first-order valence-electron chi connectivity index (χ1n) is 8.85. The summed E-state index contributed by atoms with van der Waals surface area (Å²) in [6.45, 7) is 1.78. The van der Waals surface area contributed by atoms with Crippen LogP contribution >= 0.6 is 0 Å². The van der Waals surface area contributed by atoms with Crippen LogP contribution in [0.25, 0.3) is 0 Å². The summed E-state index contributed by atoms with van der Waals surface area (Å²) in [6, 6.07) is 5.49. The second-order valence-corrected chi connectivity index (χ2v) is 6.73. The molecule has 1 aliphatic carbocycles. The van der Waals surface area contributed by atoms with E-state index in [9.17, 15) is 9.18 Å². The van der Waals surface area contributed by atoms with Crippen molar-refractivity contribution in [1.82, 2.24) is 20.2 Å². The number of benzene rings is 1. The number of hydrogen-bond acceptors (Lipinski definition) is 6. The summed E-state index contributed by atoms with van der Waals surface area (Å²) in [7, 11) is 0. The van der Waals surface area contributed by atoms with Crippen LogP contribution in [0, 0.1) is 5.82 Å². The zero-order valence-electron chi connectivity index (χ0n) is 14.5. The minimum absolute atomic E-state index is 0.0695. The predicted molar refractivity (Wildman–Crippen MR) is 91.6 cm³/mol. The van der Waals surface area contributed by atoms with Gasteiger partial charge in [-0.05, 0) is 60.7 Å². The Morgan fingerprint density at radius 1 is 1.31 bits per heavy atom. The van der Waals surface area contributed by atoms with Crippen LogP contribution in [-0.4, -0.2) is 32.3 Å². The Labute approximate surface area is 150 Å². The van der Waals surface area contributed by atoms with Gasteiger partial charge in [-0.1, -0.05) is 23.7 Å². The molecule has 136 valence electrons. The third-order valence-electron chi connectivity index (χ3n) is 4.92. The number of nitrogens with one attached hydrogen (secondary N) is 1. The van der Waals surface area contributed by atoms with Gasteiger partial charge in [0.15, 0.2) is 0 Å². The summed E-state index contributed by atoms with van der Waals surface area (Å²) in [6.07, 6.45) is 5.01. The molecule has 7 nitrogen and oxygen atoms in total. The summed E-state index contributed by atoms with van der Waals surface area (Å²) in [4.78, 5) is 13.0. The standard InChI is InChI=1S/C18H20FN5O2/c1-11-15(17(25)26-14-8-3-2-4-9-14)16(12-6-5-7-13(19)10-12)24-18(20-11)21-22-23-24/h5-7,10,14,16H,2-4,8-9H2,1H3,(H,20,21,23). The highest BCUT2D eigenvalue weighted by atomic mass is 19.1. The Bertz CT molecular complexity index is 857. The minimum Gasteiger partial charge on any atom is -0.459 e. The number of carbonyl (C=O) groups is 1. The molecule has 1 aromatic heterocycles. The number of fused-ring (bicyclic) bond motifs is 1. The Morgan fingerprint density at radius 2 is 2.12 bits per heavy atom. The fourth-order valence-electron chi connectivity index (χ4n) is 3.66. The maximum atomic E-state index is 13.8. The molecule has 0 saturated heterocycles. The molecule has 4 rings (SSSR count). The monoisotopic (exact) mass is 357 g/mol. The second-order valence-electron chi connectivity index (χ2n) is 6.73. The molecule has 0 spiro atoms. The van der Waals surface area contributed by atoms with Crippen molar-refractivity contribution in [3.8, 4) is 0 Å². The van der Waals surface area contributed by atoms with Crippen molar-refractivity contribution in [3.05, 3.63) is 46.9 Å². The number of halogens is 1. The van der Waals surface area contributed by atoms with Crippen molar-refractivity contribution >= 4 is 11.9 Å². The normalized spacial score (nSPS) is 20.5. The van der Waals surface area contributed by atoms with Gasteiger partial charge in [-0.3, -0.25) is 0 Å². The van der Waals surface area contributed by atoms with Crippen LogP contribution in [0.15, 0.2) is 35.5 Å². The molecule has 0 amide bonds. The lowest BCUT2D eigenvalue weighted by molar-refractivity contribution is -0.146. The molecule has 1 aliphatic heterocycles. The molecular weight excluding hydrogens is 337 g/mol. The first-order valence-corrected chi connectivity index (χ1v) is 8.85.